The molecule has 2 aliphatic heterocycles. The van der Waals surface area contributed by atoms with Gasteiger partial charge in [-0.3, -0.25) is 9.69 Å². The van der Waals surface area contributed by atoms with Crippen LogP contribution >= 0.6 is 11.8 Å². The lowest BCUT2D eigenvalue weighted by Crippen LogP contribution is -2.48. The summed E-state index contributed by atoms with van der Waals surface area (Å²) < 4.78 is 6.10. The molecule has 0 spiro atoms. The molecule has 3 atom stereocenters. The molecule has 1 aromatic heterocycles. The summed E-state index contributed by atoms with van der Waals surface area (Å²) in [4.78, 5) is 23.6. The van der Waals surface area contributed by atoms with Crippen molar-refractivity contribution in [3.05, 3.63) is 60.1 Å². The lowest BCUT2D eigenvalue weighted by molar-refractivity contribution is -0.137. The highest BCUT2D eigenvalue weighted by atomic mass is 32.2. The Bertz CT molecular complexity index is 1200. The Morgan fingerprint density at radius 3 is 2.81 bits per heavy atom. The largest absolute Gasteiger partial charge is 0.494 e. The van der Waals surface area contributed by atoms with Crippen LogP contribution < -0.4 is 5.32 Å². The number of likely N-dealkylation sites (tertiary alicyclic amines) is 1. The van der Waals surface area contributed by atoms with Gasteiger partial charge in [-0.1, -0.05) is 30.3 Å². The fourth-order valence-electron chi connectivity index (χ4n) is 6.53. The first-order valence-electron chi connectivity index (χ1n) is 13.4. The molecule has 7 nitrogen and oxygen atoms in total. The van der Waals surface area contributed by atoms with E-state index in [4.69, 9.17) is 9.84 Å². The van der Waals surface area contributed by atoms with Crippen LogP contribution in [0.3, 0.4) is 0 Å². The zero-order valence-electron chi connectivity index (χ0n) is 21.0. The van der Waals surface area contributed by atoms with Crippen LogP contribution in [-0.4, -0.2) is 45.6 Å². The molecular formula is C29H34N4O3S. The number of hydrogen-bond acceptors (Lipinski definition) is 7. The van der Waals surface area contributed by atoms with Gasteiger partial charge in [0.1, 0.15) is 10.8 Å². The zero-order valence-corrected chi connectivity index (χ0v) is 21.8. The number of nitrogens with zero attached hydrogens (tertiary/aromatic N) is 3. The molecular weight excluding hydrogens is 484 g/mol. The molecule has 0 amide bonds. The average Bonchev–Trinajstić information content (AvgIpc) is 2.88. The Morgan fingerprint density at radius 2 is 2.03 bits per heavy atom. The van der Waals surface area contributed by atoms with Gasteiger partial charge >= 0.3 is 5.97 Å². The molecule has 2 aliphatic carbocycles. The SMILES string of the molecule is O=C(O)CC1C=CC(OCCC2C3CCCC2CN(Cc2ccc4c(c2)Nc2nccnc2S4)C3)=CC1. The lowest BCUT2D eigenvalue weighted by atomic mass is 9.67. The third-order valence-corrected chi connectivity index (χ3v) is 9.30. The van der Waals surface area contributed by atoms with E-state index >= 15 is 0 Å². The van der Waals surface area contributed by atoms with Gasteiger partial charge < -0.3 is 15.2 Å². The van der Waals surface area contributed by atoms with Crippen molar-refractivity contribution < 1.29 is 14.6 Å². The molecule has 6 rings (SSSR count). The normalized spacial score (nSPS) is 26.4. The number of fused-ring (bicyclic) bond motifs is 4. The Hall–Kier alpha value is -2.84. The van der Waals surface area contributed by atoms with Gasteiger partial charge in [-0.05, 0) is 79.2 Å². The number of rotatable bonds is 8. The molecule has 1 aromatic carbocycles. The number of aliphatic carboxylic acids is 1. The Kier molecular flexibility index (Phi) is 7.20. The third-order valence-electron chi connectivity index (χ3n) is 8.23. The van der Waals surface area contributed by atoms with Crippen LogP contribution in [0.5, 0.6) is 0 Å². The summed E-state index contributed by atoms with van der Waals surface area (Å²) >= 11 is 1.68. The average molecular weight is 519 g/mol. The first-order chi connectivity index (χ1) is 18.1. The van der Waals surface area contributed by atoms with E-state index < -0.39 is 5.97 Å². The van der Waals surface area contributed by atoms with Gasteiger partial charge in [0.15, 0.2) is 5.82 Å². The van der Waals surface area contributed by atoms with Crippen molar-refractivity contribution in [1.29, 1.82) is 0 Å². The Labute approximate surface area is 222 Å². The second-order valence-electron chi connectivity index (χ2n) is 10.8. The number of anilines is 2. The zero-order chi connectivity index (χ0) is 25.2. The van der Waals surface area contributed by atoms with E-state index in [0.717, 1.165) is 79.1 Å². The molecule has 0 radical (unpaired) electrons. The standard InChI is InChI=1S/C29H34N4O3S/c34-27(35)15-19-4-7-23(8-5-19)36-13-10-24-21-2-1-3-22(24)18-33(17-21)16-20-6-9-26-25(14-20)32-28-29(37-26)31-12-11-30-28/h4,6-9,11-12,14,19,21-22,24H,1-3,5,10,13,15-18H2,(H,30,32)(H,34,35). The number of ether oxygens (including phenoxy) is 1. The molecule has 1 saturated heterocycles. The van der Waals surface area contributed by atoms with E-state index in [0.29, 0.717) is 0 Å². The van der Waals surface area contributed by atoms with Gasteiger partial charge in [-0.2, -0.15) is 0 Å². The van der Waals surface area contributed by atoms with Crippen molar-refractivity contribution in [2.45, 2.75) is 55.0 Å². The number of carboxylic acid groups (broad SMARTS) is 1. The number of piperidine rings is 1. The van der Waals surface area contributed by atoms with E-state index in [1.807, 2.05) is 18.2 Å². The van der Waals surface area contributed by atoms with Crippen LogP contribution in [0, 0.1) is 23.7 Å². The minimum Gasteiger partial charge on any atom is -0.494 e. The van der Waals surface area contributed by atoms with Gasteiger partial charge in [-0.15, -0.1) is 0 Å². The molecule has 3 heterocycles. The lowest BCUT2D eigenvalue weighted by Gasteiger charge is -2.47. The topological polar surface area (TPSA) is 87.6 Å². The number of carbonyl (C=O) groups is 1. The first-order valence-corrected chi connectivity index (χ1v) is 14.3. The van der Waals surface area contributed by atoms with E-state index in [1.54, 1.807) is 24.2 Å². The van der Waals surface area contributed by atoms with Gasteiger partial charge in [-0.25, -0.2) is 9.97 Å². The van der Waals surface area contributed by atoms with Crippen LogP contribution in [0.2, 0.25) is 0 Å². The van der Waals surface area contributed by atoms with Crippen molar-refractivity contribution in [3.63, 3.8) is 0 Å². The van der Waals surface area contributed by atoms with Crippen molar-refractivity contribution in [2.75, 3.05) is 25.0 Å². The summed E-state index contributed by atoms with van der Waals surface area (Å²) in [6, 6.07) is 6.75. The van der Waals surface area contributed by atoms with Gasteiger partial charge in [0.25, 0.3) is 0 Å². The maximum absolute atomic E-state index is 10.9. The minimum atomic E-state index is -0.742. The molecule has 4 aliphatic rings. The fourth-order valence-corrected chi connectivity index (χ4v) is 7.40. The molecule has 8 heteroatoms. The summed E-state index contributed by atoms with van der Waals surface area (Å²) in [5.74, 6) is 3.29. The quantitative estimate of drug-likeness (QED) is 0.383. The Morgan fingerprint density at radius 1 is 1.19 bits per heavy atom. The van der Waals surface area contributed by atoms with Gasteiger partial charge in [0.05, 0.1) is 18.7 Å². The molecule has 3 unspecified atom stereocenters. The van der Waals surface area contributed by atoms with Crippen LogP contribution in [0.4, 0.5) is 11.5 Å². The van der Waals surface area contributed by atoms with Crippen LogP contribution in [0.1, 0.15) is 44.1 Å². The molecule has 2 aromatic rings. The van der Waals surface area contributed by atoms with E-state index in [2.05, 4.69) is 38.4 Å². The van der Waals surface area contributed by atoms with Crippen molar-refractivity contribution in [1.82, 2.24) is 14.9 Å². The minimum absolute atomic E-state index is 0.0858. The van der Waals surface area contributed by atoms with Crippen molar-refractivity contribution in [2.24, 2.45) is 23.7 Å². The fraction of sp³-hybridized carbons (Fsp3) is 0.483. The van der Waals surface area contributed by atoms with Gasteiger partial charge in [0, 0.05) is 36.9 Å². The molecule has 37 heavy (non-hydrogen) atoms. The molecule has 1 saturated carbocycles. The van der Waals surface area contributed by atoms with Crippen LogP contribution in [-0.2, 0) is 16.1 Å². The number of nitrogens with one attached hydrogen (secondary N) is 1. The smallest absolute Gasteiger partial charge is 0.303 e. The first kappa shape index (κ1) is 24.5. The number of aromatic nitrogens is 2. The van der Waals surface area contributed by atoms with Crippen molar-refractivity contribution in [3.8, 4) is 0 Å². The van der Waals surface area contributed by atoms with Crippen LogP contribution in [0.25, 0.3) is 0 Å². The van der Waals surface area contributed by atoms with Crippen LogP contribution in [0.15, 0.2) is 64.5 Å². The predicted molar refractivity (Wildman–Crippen MR) is 144 cm³/mol. The number of hydrogen-bond donors (Lipinski definition) is 2. The summed E-state index contributed by atoms with van der Waals surface area (Å²) in [6.45, 7) is 4.05. The number of benzene rings is 1. The number of carboxylic acids is 1. The van der Waals surface area contributed by atoms with E-state index in [1.165, 1.54) is 29.7 Å². The highest BCUT2D eigenvalue weighted by Crippen LogP contribution is 2.44. The molecule has 2 fully saturated rings. The summed E-state index contributed by atoms with van der Waals surface area (Å²) in [6.07, 6.45) is 15.5. The molecule has 2 N–H and O–H groups in total. The monoisotopic (exact) mass is 518 g/mol. The molecule has 194 valence electrons. The highest BCUT2D eigenvalue weighted by Gasteiger charge is 2.39. The summed E-state index contributed by atoms with van der Waals surface area (Å²) in [5.41, 5.74) is 2.47. The third kappa shape index (κ3) is 5.70. The Balaban J connectivity index is 1.02. The maximum Gasteiger partial charge on any atom is 0.303 e. The van der Waals surface area contributed by atoms with Crippen molar-refractivity contribution >= 4 is 29.2 Å². The van der Waals surface area contributed by atoms with Gasteiger partial charge in [0.2, 0.25) is 0 Å². The second kappa shape index (κ2) is 10.9. The second-order valence-corrected chi connectivity index (χ2v) is 11.8. The predicted octanol–water partition coefficient (Wildman–Crippen LogP) is 5.87. The van der Waals surface area contributed by atoms with E-state index in [-0.39, 0.29) is 12.3 Å². The maximum atomic E-state index is 10.9. The summed E-state index contributed by atoms with van der Waals surface area (Å²) in [5, 5.41) is 13.4. The highest BCUT2D eigenvalue weighted by molar-refractivity contribution is 7.99. The molecule has 2 bridgehead atoms. The summed E-state index contributed by atoms with van der Waals surface area (Å²) in [7, 11) is 0. The number of allylic oxidation sites excluding steroid dienone is 3. The van der Waals surface area contributed by atoms with E-state index in [9.17, 15) is 4.79 Å².